The summed E-state index contributed by atoms with van der Waals surface area (Å²) < 4.78 is 25.5. The largest absolute Gasteiger partial charge is 0.478 e. The Hall–Kier alpha value is -1.15. The lowest BCUT2D eigenvalue weighted by atomic mass is 10.2. The van der Waals surface area contributed by atoms with Gasteiger partial charge < -0.3 is 10.2 Å². The standard InChI is InChI=1S/C9H10ClNO5S/c10-7-2-1-6(9(13)14)5-8(7)17(15,16)11-3-4-12/h1-2,5,11-12H,3-4H2,(H,13,14). The summed E-state index contributed by atoms with van der Waals surface area (Å²) in [7, 11) is -3.91. The van der Waals surface area contributed by atoms with E-state index in [1.807, 2.05) is 0 Å². The van der Waals surface area contributed by atoms with Crippen molar-refractivity contribution >= 4 is 27.6 Å². The van der Waals surface area contributed by atoms with E-state index >= 15 is 0 Å². The number of aliphatic hydroxyl groups is 1. The predicted octanol–water partition coefficient (Wildman–Crippen LogP) is 0.309. The molecule has 0 amide bonds. The van der Waals surface area contributed by atoms with Crippen LogP contribution in [-0.4, -0.2) is 37.8 Å². The molecule has 0 aliphatic heterocycles. The van der Waals surface area contributed by atoms with Crippen LogP contribution in [0.2, 0.25) is 5.02 Å². The molecule has 0 aliphatic rings. The average Bonchev–Trinajstić information content (AvgIpc) is 2.26. The van der Waals surface area contributed by atoms with E-state index in [-0.39, 0.29) is 28.6 Å². The quantitative estimate of drug-likeness (QED) is 0.720. The number of rotatable bonds is 5. The molecule has 0 fully saturated rings. The maximum Gasteiger partial charge on any atom is 0.335 e. The molecule has 0 spiro atoms. The molecule has 8 heteroatoms. The van der Waals surface area contributed by atoms with E-state index in [1.165, 1.54) is 12.1 Å². The third-order valence-electron chi connectivity index (χ3n) is 1.87. The molecule has 1 rings (SSSR count). The van der Waals surface area contributed by atoms with Gasteiger partial charge in [0.2, 0.25) is 10.0 Å². The van der Waals surface area contributed by atoms with Gasteiger partial charge in [-0.25, -0.2) is 17.9 Å². The SMILES string of the molecule is O=C(O)c1ccc(Cl)c(S(=O)(=O)NCCO)c1. The summed E-state index contributed by atoms with van der Waals surface area (Å²) in [5.74, 6) is -1.25. The second-order valence-electron chi connectivity index (χ2n) is 3.07. The number of hydrogen-bond acceptors (Lipinski definition) is 4. The zero-order valence-corrected chi connectivity index (χ0v) is 10.1. The zero-order chi connectivity index (χ0) is 13.1. The van der Waals surface area contributed by atoms with Gasteiger partial charge >= 0.3 is 5.97 Å². The first-order valence-corrected chi connectivity index (χ1v) is 6.38. The molecule has 1 aromatic carbocycles. The summed E-state index contributed by atoms with van der Waals surface area (Å²) in [5.41, 5.74) is -0.182. The third-order valence-corrected chi connectivity index (χ3v) is 3.81. The maximum atomic E-state index is 11.7. The van der Waals surface area contributed by atoms with Crippen LogP contribution in [0.1, 0.15) is 10.4 Å². The molecule has 0 saturated carbocycles. The summed E-state index contributed by atoms with van der Waals surface area (Å²) in [5, 5.41) is 17.2. The second-order valence-corrected chi connectivity index (χ2v) is 5.21. The van der Waals surface area contributed by atoms with E-state index in [9.17, 15) is 13.2 Å². The molecule has 94 valence electrons. The molecule has 0 aromatic heterocycles. The summed E-state index contributed by atoms with van der Waals surface area (Å²) >= 11 is 5.69. The summed E-state index contributed by atoms with van der Waals surface area (Å²) in [4.78, 5) is 10.4. The molecule has 0 unspecified atom stereocenters. The number of carbonyl (C=O) groups is 1. The highest BCUT2D eigenvalue weighted by molar-refractivity contribution is 7.89. The number of benzene rings is 1. The van der Waals surface area contributed by atoms with Gasteiger partial charge in [-0.3, -0.25) is 0 Å². The minimum atomic E-state index is -3.91. The van der Waals surface area contributed by atoms with Gasteiger partial charge in [-0.2, -0.15) is 0 Å². The number of aromatic carboxylic acids is 1. The van der Waals surface area contributed by atoms with Crippen LogP contribution in [-0.2, 0) is 10.0 Å². The van der Waals surface area contributed by atoms with E-state index in [4.69, 9.17) is 21.8 Å². The summed E-state index contributed by atoms with van der Waals surface area (Å²) in [6, 6.07) is 3.36. The van der Waals surface area contributed by atoms with E-state index in [2.05, 4.69) is 4.72 Å². The van der Waals surface area contributed by atoms with Crippen molar-refractivity contribution in [2.24, 2.45) is 0 Å². The topological polar surface area (TPSA) is 104 Å². The number of sulfonamides is 1. The van der Waals surface area contributed by atoms with Crippen molar-refractivity contribution in [2.75, 3.05) is 13.2 Å². The first kappa shape index (κ1) is 13.9. The minimum Gasteiger partial charge on any atom is -0.478 e. The number of aliphatic hydroxyl groups excluding tert-OH is 1. The van der Waals surface area contributed by atoms with Crippen molar-refractivity contribution in [3.8, 4) is 0 Å². The van der Waals surface area contributed by atoms with Crippen molar-refractivity contribution in [2.45, 2.75) is 4.90 Å². The Morgan fingerprint density at radius 2 is 2.06 bits per heavy atom. The fourth-order valence-corrected chi connectivity index (χ4v) is 2.64. The second kappa shape index (κ2) is 5.46. The van der Waals surface area contributed by atoms with Crippen molar-refractivity contribution in [1.82, 2.24) is 4.72 Å². The van der Waals surface area contributed by atoms with Crippen molar-refractivity contribution in [1.29, 1.82) is 0 Å². The van der Waals surface area contributed by atoms with Gasteiger partial charge in [-0.1, -0.05) is 11.6 Å². The highest BCUT2D eigenvalue weighted by atomic mass is 35.5. The van der Waals surface area contributed by atoms with Crippen LogP contribution in [0.4, 0.5) is 0 Å². The Balaban J connectivity index is 3.20. The molecule has 0 saturated heterocycles. The van der Waals surface area contributed by atoms with E-state index < -0.39 is 16.0 Å². The lowest BCUT2D eigenvalue weighted by Crippen LogP contribution is -2.27. The number of hydrogen-bond donors (Lipinski definition) is 3. The lowest BCUT2D eigenvalue weighted by Gasteiger charge is -2.07. The molecule has 17 heavy (non-hydrogen) atoms. The number of carboxylic acid groups (broad SMARTS) is 1. The molecular weight excluding hydrogens is 270 g/mol. The highest BCUT2D eigenvalue weighted by Crippen LogP contribution is 2.22. The summed E-state index contributed by atoms with van der Waals surface area (Å²) in [6.45, 7) is -0.536. The highest BCUT2D eigenvalue weighted by Gasteiger charge is 2.19. The number of halogens is 1. The monoisotopic (exact) mass is 279 g/mol. The van der Waals surface area contributed by atoms with E-state index in [0.29, 0.717) is 0 Å². The molecule has 6 nitrogen and oxygen atoms in total. The molecule has 1 aromatic rings. The number of nitrogens with one attached hydrogen (secondary N) is 1. The molecular formula is C9H10ClNO5S. The predicted molar refractivity (Wildman–Crippen MR) is 60.7 cm³/mol. The third kappa shape index (κ3) is 3.40. The molecule has 0 aliphatic carbocycles. The van der Waals surface area contributed by atoms with Crippen LogP contribution >= 0.6 is 11.6 Å². The molecule has 0 heterocycles. The Morgan fingerprint density at radius 1 is 1.41 bits per heavy atom. The average molecular weight is 280 g/mol. The van der Waals surface area contributed by atoms with Crippen LogP contribution in [0.3, 0.4) is 0 Å². The Bertz CT molecular complexity index is 528. The lowest BCUT2D eigenvalue weighted by molar-refractivity contribution is 0.0696. The van der Waals surface area contributed by atoms with Gasteiger partial charge in [-0.15, -0.1) is 0 Å². The zero-order valence-electron chi connectivity index (χ0n) is 8.55. The van der Waals surface area contributed by atoms with E-state index in [1.54, 1.807) is 0 Å². The first-order chi connectivity index (χ1) is 7.88. The Labute approximate surface area is 103 Å². The van der Waals surface area contributed by atoms with Gasteiger partial charge in [-0.05, 0) is 18.2 Å². The van der Waals surface area contributed by atoms with Gasteiger partial charge in [0.15, 0.2) is 0 Å². The van der Waals surface area contributed by atoms with Crippen LogP contribution in [0, 0.1) is 0 Å². The van der Waals surface area contributed by atoms with E-state index in [0.717, 1.165) is 6.07 Å². The smallest absolute Gasteiger partial charge is 0.335 e. The number of carboxylic acids is 1. The fourth-order valence-electron chi connectivity index (χ4n) is 1.10. The normalized spacial score (nSPS) is 11.4. The molecule has 0 atom stereocenters. The van der Waals surface area contributed by atoms with Crippen LogP contribution in [0.5, 0.6) is 0 Å². The van der Waals surface area contributed by atoms with Crippen LogP contribution < -0.4 is 4.72 Å². The van der Waals surface area contributed by atoms with Gasteiger partial charge in [0, 0.05) is 6.54 Å². The van der Waals surface area contributed by atoms with Crippen molar-refractivity contribution in [3.05, 3.63) is 28.8 Å². The van der Waals surface area contributed by atoms with Crippen LogP contribution in [0.25, 0.3) is 0 Å². The molecule has 3 N–H and O–H groups in total. The van der Waals surface area contributed by atoms with Gasteiger partial charge in [0.1, 0.15) is 4.90 Å². The Morgan fingerprint density at radius 3 is 2.59 bits per heavy atom. The molecule has 0 radical (unpaired) electrons. The maximum absolute atomic E-state index is 11.7. The van der Waals surface area contributed by atoms with Gasteiger partial charge in [0.25, 0.3) is 0 Å². The summed E-state index contributed by atoms with van der Waals surface area (Å²) in [6.07, 6.45) is 0. The van der Waals surface area contributed by atoms with Crippen LogP contribution in [0.15, 0.2) is 23.1 Å². The Kier molecular flexibility index (Phi) is 4.47. The van der Waals surface area contributed by atoms with Crippen molar-refractivity contribution in [3.63, 3.8) is 0 Å². The fraction of sp³-hybridized carbons (Fsp3) is 0.222. The van der Waals surface area contributed by atoms with Gasteiger partial charge in [0.05, 0.1) is 17.2 Å². The van der Waals surface area contributed by atoms with Crippen molar-refractivity contribution < 1.29 is 23.4 Å². The molecule has 0 bridgehead atoms. The minimum absolute atomic E-state index is 0.0829. The first-order valence-electron chi connectivity index (χ1n) is 4.52.